The Morgan fingerprint density at radius 2 is 1.87 bits per heavy atom. The highest BCUT2D eigenvalue weighted by molar-refractivity contribution is 6.01. The van der Waals surface area contributed by atoms with Gasteiger partial charge in [-0.1, -0.05) is 12.1 Å². The van der Waals surface area contributed by atoms with Gasteiger partial charge in [-0.05, 0) is 55.6 Å². The smallest absolute Gasteiger partial charge is 0.385 e. The van der Waals surface area contributed by atoms with Gasteiger partial charge in [0.2, 0.25) is 5.39 Å². The quantitative estimate of drug-likeness (QED) is 0.380. The van der Waals surface area contributed by atoms with Gasteiger partial charge in [0.1, 0.15) is 11.4 Å². The maximum absolute atomic E-state index is 13.2. The van der Waals surface area contributed by atoms with Gasteiger partial charge >= 0.3 is 11.9 Å². The Morgan fingerprint density at radius 3 is 2.52 bits per heavy atom. The predicted molar refractivity (Wildman–Crippen MR) is 106 cm³/mol. The molecule has 0 saturated carbocycles. The molecule has 1 fully saturated rings. The van der Waals surface area contributed by atoms with Crippen LogP contribution in [-0.2, 0) is 11.8 Å². The van der Waals surface area contributed by atoms with Crippen LogP contribution in [0.25, 0.3) is 4.98 Å². The largest absolute Gasteiger partial charge is 0.416 e. The van der Waals surface area contributed by atoms with Crippen LogP contribution in [-0.4, -0.2) is 35.4 Å². The maximum atomic E-state index is 13.2. The molecule has 0 amide bonds. The molecule has 3 rings (SSSR count). The molecule has 1 aliphatic rings. The van der Waals surface area contributed by atoms with Gasteiger partial charge in [0.05, 0.1) is 17.2 Å². The number of carbonyl (C=O) groups is 1. The summed E-state index contributed by atoms with van der Waals surface area (Å²) in [5.74, 6) is -0.879. The van der Waals surface area contributed by atoms with Crippen molar-refractivity contribution in [3.8, 4) is 0 Å². The number of nitrogens with zero attached hydrogens (tertiary/aromatic N) is 3. The Balaban J connectivity index is 1.53. The fraction of sp³-hybridized carbons (Fsp3) is 0.409. The minimum atomic E-state index is -4.46. The van der Waals surface area contributed by atoms with Crippen LogP contribution >= 0.6 is 0 Å². The molecule has 2 aromatic carbocycles. The summed E-state index contributed by atoms with van der Waals surface area (Å²) in [6.45, 7) is 1.53. The molecule has 0 aliphatic carbocycles. The van der Waals surface area contributed by atoms with E-state index in [9.17, 15) is 27.5 Å². The molecule has 2 aromatic rings. The van der Waals surface area contributed by atoms with Crippen molar-refractivity contribution in [3.63, 3.8) is 0 Å². The highest BCUT2D eigenvalue weighted by Crippen LogP contribution is 2.36. The van der Waals surface area contributed by atoms with Crippen molar-refractivity contribution >= 4 is 11.5 Å². The van der Waals surface area contributed by atoms with Crippen molar-refractivity contribution in [1.82, 2.24) is 4.90 Å². The van der Waals surface area contributed by atoms with Gasteiger partial charge < -0.3 is 10.0 Å². The third-order valence-corrected chi connectivity index (χ3v) is 5.66. The Bertz CT molecular complexity index is 993. The summed E-state index contributed by atoms with van der Waals surface area (Å²) in [6.07, 6.45) is -3.22. The Morgan fingerprint density at radius 1 is 1.16 bits per heavy atom. The molecule has 0 spiro atoms. The number of ketones is 1. The first kappa shape index (κ1) is 22.8. The van der Waals surface area contributed by atoms with E-state index >= 15 is 0 Å². The van der Waals surface area contributed by atoms with Gasteiger partial charge in [-0.15, -0.1) is 0 Å². The van der Waals surface area contributed by atoms with Crippen LogP contribution in [0.3, 0.4) is 0 Å². The van der Waals surface area contributed by atoms with Gasteiger partial charge in [-0.25, -0.2) is 4.39 Å². The molecule has 1 saturated heterocycles. The molecule has 0 aromatic heterocycles. The van der Waals surface area contributed by atoms with Crippen LogP contribution in [0.15, 0.2) is 42.5 Å². The molecule has 1 aliphatic heterocycles. The average molecular weight is 436 g/mol. The molecule has 1 heterocycles. The second-order valence-corrected chi connectivity index (χ2v) is 7.74. The van der Waals surface area contributed by atoms with Crippen LogP contribution < -0.4 is 0 Å². The molecule has 1 N–H and O–H groups in total. The number of likely N-dealkylation sites (tertiary alicyclic amines) is 1. The normalized spacial score (nSPS) is 16.6. The zero-order chi connectivity index (χ0) is 22.6. The lowest BCUT2D eigenvalue weighted by atomic mass is 9.83. The summed E-state index contributed by atoms with van der Waals surface area (Å²) in [5, 5.41) is 19.8. The van der Waals surface area contributed by atoms with Gasteiger partial charge in [-0.2, -0.15) is 13.2 Å². The number of carbonyl (C=O) groups excluding carboxylic acids is 1. The molecule has 0 unspecified atom stereocenters. The van der Waals surface area contributed by atoms with E-state index in [0.29, 0.717) is 26.1 Å². The van der Waals surface area contributed by atoms with Crippen molar-refractivity contribution in [2.45, 2.75) is 37.5 Å². The van der Waals surface area contributed by atoms with Gasteiger partial charge in [-0.3, -0.25) is 4.79 Å². The standard InChI is InChI=1S/C22H22F4N3O2/c23-17-6-7-18(19(14-17)28-27)20(30)5-2-10-29-11-8-21(31,9-12-29)15-3-1-4-16(13-15)22(24,25)26/h1,3-4,6-7,13-14,31H,2,5,8-12H2/q+1. The van der Waals surface area contributed by atoms with Crippen LogP contribution in [0.5, 0.6) is 0 Å². The molecule has 5 nitrogen and oxygen atoms in total. The first-order valence-corrected chi connectivity index (χ1v) is 9.93. The maximum Gasteiger partial charge on any atom is 0.416 e. The molecular formula is C22H22F4N3O2+. The zero-order valence-corrected chi connectivity index (χ0v) is 16.7. The van der Waals surface area contributed by atoms with E-state index < -0.39 is 23.2 Å². The number of aliphatic hydroxyl groups is 1. The fourth-order valence-corrected chi connectivity index (χ4v) is 3.84. The average Bonchev–Trinajstić information content (AvgIpc) is 2.74. The number of rotatable bonds is 6. The number of halogens is 4. The third-order valence-electron chi connectivity index (χ3n) is 5.66. The van der Waals surface area contributed by atoms with E-state index in [1.807, 2.05) is 4.90 Å². The fourth-order valence-electron chi connectivity index (χ4n) is 3.84. The Kier molecular flexibility index (Phi) is 6.72. The van der Waals surface area contributed by atoms with E-state index in [1.165, 1.54) is 18.2 Å². The lowest BCUT2D eigenvalue weighted by molar-refractivity contribution is -0.137. The first-order valence-electron chi connectivity index (χ1n) is 9.93. The molecule has 0 bridgehead atoms. The summed E-state index contributed by atoms with van der Waals surface area (Å²) >= 11 is 0. The lowest BCUT2D eigenvalue weighted by Gasteiger charge is -2.38. The summed E-state index contributed by atoms with van der Waals surface area (Å²) < 4.78 is 52.1. The van der Waals surface area contributed by atoms with Crippen LogP contribution in [0, 0.1) is 11.2 Å². The highest BCUT2D eigenvalue weighted by Gasteiger charge is 2.37. The Labute approximate surface area is 176 Å². The summed E-state index contributed by atoms with van der Waals surface area (Å²) in [5.41, 5.74) is -1.82. The molecule has 164 valence electrons. The van der Waals surface area contributed by atoms with E-state index in [0.717, 1.165) is 24.3 Å². The number of hydrogen-bond donors (Lipinski definition) is 1. The third kappa shape index (κ3) is 5.46. The number of hydrogen-bond acceptors (Lipinski definition) is 4. The molecule has 9 heteroatoms. The monoisotopic (exact) mass is 436 g/mol. The zero-order valence-electron chi connectivity index (χ0n) is 16.7. The molecular weight excluding hydrogens is 414 g/mol. The van der Waals surface area contributed by atoms with Gasteiger partial charge in [0, 0.05) is 19.5 Å². The Hall–Kier alpha value is -2.83. The van der Waals surface area contributed by atoms with Gasteiger partial charge in [0.25, 0.3) is 0 Å². The van der Waals surface area contributed by atoms with E-state index in [4.69, 9.17) is 5.39 Å². The van der Waals surface area contributed by atoms with Crippen LogP contribution in [0.2, 0.25) is 0 Å². The SMILES string of the molecule is N#[N+]c1cc(F)ccc1C(=O)CCCN1CCC(O)(c2cccc(C(F)(F)F)c2)CC1. The number of diazo groups is 1. The van der Waals surface area contributed by atoms with Crippen molar-refractivity contribution in [3.05, 3.63) is 69.9 Å². The summed E-state index contributed by atoms with van der Waals surface area (Å²) in [7, 11) is 0. The molecule has 31 heavy (non-hydrogen) atoms. The molecule has 0 atom stereocenters. The number of Topliss-reactive ketones (excluding diaryl/α,β-unsaturated/α-hetero) is 1. The van der Waals surface area contributed by atoms with Gasteiger partial charge in [0.15, 0.2) is 10.8 Å². The highest BCUT2D eigenvalue weighted by atomic mass is 19.4. The molecule has 0 radical (unpaired) electrons. The van der Waals surface area contributed by atoms with Crippen molar-refractivity contribution < 1.29 is 27.5 Å². The number of piperidine rings is 1. The topological polar surface area (TPSA) is 68.7 Å². The van der Waals surface area contributed by atoms with E-state index in [1.54, 1.807) is 0 Å². The predicted octanol–water partition coefficient (Wildman–Crippen LogP) is 5.28. The minimum Gasteiger partial charge on any atom is -0.385 e. The minimum absolute atomic E-state index is 0.117. The second kappa shape index (κ2) is 9.12. The van der Waals surface area contributed by atoms with E-state index in [-0.39, 0.29) is 41.9 Å². The van der Waals surface area contributed by atoms with Crippen LogP contribution in [0.1, 0.15) is 47.2 Å². The van der Waals surface area contributed by atoms with Crippen molar-refractivity contribution in [2.75, 3.05) is 19.6 Å². The summed E-state index contributed by atoms with van der Waals surface area (Å²) in [6, 6.07) is 8.18. The second-order valence-electron chi connectivity index (χ2n) is 7.74. The number of benzene rings is 2. The summed E-state index contributed by atoms with van der Waals surface area (Å²) in [4.78, 5) is 17.3. The lowest BCUT2D eigenvalue weighted by Crippen LogP contribution is -2.43. The van der Waals surface area contributed by atoms with E-state index in [2.05, 4.69) is 4.98 Å². The van der Waals surface area contributed by atoms with Crippen molar-refractivity contribution in [1.29, 1.82) is 5.39 Å². The first-order chi connectivity index (χ1) is 14.6. The number of alkyl halides is 3. The van der Waals surface area contributed by atoms with Crippen molar-refractivity contribution in [2.24, 2.45) is 0 Å². The van der Waals surface area contributed by atoms with Crippen LogP contribution in [0.4, 0.5) is 23.2 Å².